The average Bonchev–Trinajstić information content (AvgIpc) is 2.26. The topological polar surface area (TPSA) is 9.23 Å². The predicted octanol–water partition coefficient (Wildman–Crippen LogP) is 5.07. The molecule has 0 saturated carbocycles. The Bertz CT molecular complexity index is 131. The minimum atomic E-state index is 0.401. The summed E-state index contributed by atoms with van der Waals surface area (Å²) in [6.07, 6.45) is 13.9. The summed E-state index contributed by atoms with van der Waals surface area (Å²) in [7, 11) is 0. The maximum atomic E-state index is 5.40. The Labute approximate surface area is 95.9 Å². The van der Waals surface area contributed by atoms with Gasteiger partial charge in [0, 0.05) is 0 Å². The first-order chi connectivity index (χ1) is 7.35. The Balaban J connectivity index is 3.17. The lowest BCUT2D eigenvalue weighted by Gasteiger charge is -2.13. The van der Waals surface area contributed by atoms with Crippen LogP contribution in [0, 0.1) is 0 Å². The Morgan fingerprint density at radius 3 is 2.13 bits per heavy atom. The zero-order valence-electron chi connectivity index (χ0n) is 10.6. The first kappa shape index (κ1) is 14.5. The van der Waals surface area contributed by atoms with Crippen molar-refractivity contribution in [2.45, 2.75) is 77.7 Å². The van der Waals surface area contributed by atoms with Gasteiger partial charge in [0.25, 0.3) is 0 Å². The van der Waals surface area contributed by atoms with Gasteiger partial charge >= 0.3 is 0 Å². The van der Waals surface area contributed by atoms with Crippen LogP contribution in [-0.2, 0) is 4.74 Å². The van der Waals surface area contributed by atoms with Crippen LogP contribution in [-0.4, -0.2) is 6.10 Å². The van der Waals surface area contributed by atoms with Crippen molar-refractivity contribution in [3.8, 4) is 0 Å². The molecule has 0 fully saturated rings. The van der Waals surface area contributed by atoms with E-state index in [1.165, 1.54) is 51.4 Å². The van der Waals surface area contributed by atoms with E-state index in [0.717, 1.165) is 6.42 Å². The van der Waals surface area contributed by atoms with E-state index in [1.807, 2.05) is 0 Å². The van der Waals surface area contributed by atoms with Crippen molar-refractivity contribution in [3.63, 3.8) is 0 Å². The van der Waals surface area contributed by atoms with Gasteiger partial charge in [0.2, 0.25) is 0 Å². The third-order valence-electron chi connectivity index (χ3n) is 2.87. The van der Waals surface area contributed by atoms with Crippen molar-refractivity contribution in [1.29, 1.82) is 0 Å². The van der Waals surface area contributed by atoms with Crippen LogP contribution in [0.2, 0.25) is 0 Å². The highest BCUT2D eigenvalue weighted by Gasteiger charge is 2.03. The fraction of sp³-hybridized carbons (Fsp3) is 0.857. The Morgan fingerprint density at radius 2 is 1.60 bits per heavy atom. The van der Waals surface area contributed by atoms with Crippen LogP contribution in [0.4, 0.5) is 0 Å². The molecule has 0 N–H and O–H groups in total. The molecule has 0 aliphatic carbocycles. The zero-order chi connectivity index (χ0) is 11.4. The molecule has 1 atom stereocenters. The third-order valence-corrected chi connectivity index (χ3v) is 2.87. The molecule has 0 aliphatic rings. The molecule has 0 aromatic heterocycles. The van der Waals surface area contributed by atoms with Gasteiger partial charge in [-0.25, -0.2) is 0 Å². The SMILES string of the molecule is C=COC(CC)CCCCCCCCC. The molecule has 1 heteroatoms. The van der Waals surface area contributed by atoms with Crippen LogP contribution in [0.15, 0.2) is 12.8 Å². The second-order valence-corrected chi connectivity index (χ2v) is 4.24. The fourth-order valence-electron chi connectivity index (χ4n) is 1.83. The first-order valence-electron chi connectivity index (χ1n) is 6.61. The summed E-state index contributed by atoms with van der Waals surface area (Å²) < 4.78 is 5.40. The fourth-order valence-corrected chi connectivity index (χ4v) is 1.83. The van der Waals surface area contributed by atoms with Crippen LogP contribution in [0.1, 0.15) is 71.6 Å². The molecule has 0 aromatic carbocycles. The van der Waals surface area contributed by atoms with E-state index in [0.29, 0.717) is 6.10 Å². The summed E-state index contributed by atoms with van der Waals surface area (Å²) in [6, 6.07) is 0. The average molecular weight is 212 g/mol. The number of hydrogen-bond acceptors (Lipinski definition) is 1. The number of ether oxygens (including phenoxy) is 1. The van der Waals surface area contributed by atoms with Gasteiger partial charge in [-0.3, -0.25) is 0 Å². The molecule has 0 rings (SSSR count). The van der Waals surface area contributed by atoms with E-state index < -0.39 is 0 Å². The third kappa shape index (κ3) is 9.84. The second kappa shape index (κ2) is 11.6. The van der Waals surface area contributed by atoms with Gasteiger partial charge in [0.15, 0.2) is 0 Å². The lowest BCUT2D eigenvalue weighted by atomic mass is 10.1. The molecule has 0 bridgehead atoms. The highest BCUT2D eigenvalue weighted by Crippen LogP contribution is 2.12. The Hall–Kier alpha value is -0.460. The molecule has 90 valence electrons. The normalized spacial score (nSPS) is 12.4. The van der Waals surface area contributed by atoms with Crippen molar-refractivity contribution in [3.05, 3.63) is 12.8 Å². The van der Waals surface area contributed by atoms with Gasteiger partial charge in [-0.2, -0.15) is 0 Å². The van der Waals surface area contributed by atoms with Gasteiger partial charge in [-0.15, -0.1) is 0 Å². The molecule has 0 amide bonds. The summed E-state index contributed by atoms with van der Waals surface area (Å²) in [5.74, 6) is 0. The number of rotatable bonds is 11. The van der Waals surface area contributed by atoms with Crippen LogP contribution in [0.25, 0.3) is 0 Å². The van der Waals surface area contributed by atoms with Gasteiger partial charge in [0.05, 0.1) is 12.4 Å². The van der Waals surface area contributed by atoms with E-state index in [1.54, 1.807) is 6.26 Å². The Kier molecular flexibility index (Phi) is 11.3. The van der Waals surface area contributed by atoms with Gasteiger partial charge in [-0.05, 0) is 19.3 Å². The van der Waals surface area contributed by atoms with Crippen LogP contribution in [0.5, 0.6) is 0 Å². The van der Waals surface area contributed by atoms with Crippen LogP contribution < -0.4 is 0 Å². The summed E-state index contributed by atoms with van der Waals surface area (Å²) in [5.41, 5.74) is 0. The number of hydrogen-bond donors (Lipinski definition) is 0. The van der Waals surface area contributed by atoms with E-state index in [4.69, 9.17) is 4.74 Å². The minimum Gasteiger partial charge on any atom is -0.499 e. The van der Waals surface area contributed by atoms with E-state index >= 15 is 0 Å². The minimum absolute atomic E-state index is 0.401. The van der Waals surface area contributed by atoms with Crippen molar-refractivity contribution >= 4 is 0 Å². The standard InChI is InChI=1S/C14H28O/c1-4-7-8-9-10-11-12-13-14(5-2)15-6-3/h6,14H,3-5,7-13H2,1-2H3. The summed E-state index contributed by atoms with van der Waals surface area (Å²) in [5, 5.41) is 0. The molecule has 0 aromatic rings. The Morgan fingerprint density at radius 1 is 1.00 bits per heavy atom. The van der Waals surface area contributed by atoms with Crippen molar-refractivity contribution in [2.75, 3.05) is 0 Å². The predicted molar refractivity (Wildman–Crippen MR) is 68.0 cm³/mol. The lowest BCUT2D eigenvalue weighted by molar-refractivity contribution is 0.129. The molecule has 0 spiro atoms. The molecule has 0 saturated heterocycles. The zero-order valence-corrected chi connectivity index (χ0v) is 10.6. The molecule has 0 radical (unpaired) electrons. The number of unbranched alkanes of at least 4 members (excludes halogenated alkanes) is 6. The summed E-state index contributed by atoms with van der Waals surface area (Å²) >= 11 is 0. The lowest BCUT2D eigenvalue weighted by Crippen LogP contribution is -2.07. The van der Waals surface area contributed by atoms with Crippen LogP contribution >= 0.6 is 0 Å². The molecular weight excluding hydrogens is 184 g/mol. The van der Waals surface area contributed by atoms with E-state index in [9.17, 15) is 0 Å². The molecule has 0 heterocycles. The highest BCUT2D eigenvalue weighted by atomic mass is 16.5. The maximum Gasteiger partial charge on any atom is 0.0975 e. The highest BCUT2D eigenvalue weighted by molar-refractivity contribution is 4.61. The molecule has 1 unspecified atom stereocenters. The first-order valence-corrected chi connectivity index (χ1v) is 6.61. The molecule has 1 nitrogen and oxygen atoms in total. The molecule has 0 aliphatic heterocycles. The van der Waals surface area contributed by atoms with Gasteiger partial charge in [0.1, 0.15) is 0 Å². The maximum absolute atomic E-state index is 5.40. The van der Waals surface area contributed by atoms with Crippen LogP contribution in [0.3, 0.4) is 0 Å². The van der Waals surface area contributed by atoms with Gasteiger partial charge in [-0.1, -0.05) is 59.0 Å². The van der Waals surface area contributed by atoms with E-state index in [-0.39, 0.29) is 0 Å². The molecular formula is C14H28O. The van der Waals surface area contributed by atoms with Crippen molar-refractivity contribution in [2.24, 2.45) is 0 Å². The van der Waals surface area contributed by atoms with Crippen molar-refractivity contribution in [1.82, 2.24) is 0 Å². The molecule has 15 heavy (non-hydrogen) atoms. The monoisotopic (exact) mass is 212 g/mol. The smallest absolute Gasteiger partial charge is 0.0975 e. The van der Waals surface area contributed by atoms with Crippen molar-refractivity contribution < 1.29 is 4.74 Å². The van der Waals surface area contributed by atoms with Gasteiger partial charge < -0.3 is 4.74 Å². The van der Waals surface area contributed by atoms with E-state index in [2.05, 4.69) is 20.4 Å². The second-order valence-electron chi connectivity index (χ2n) is 4.24. The summed E-state index contributed by atoms with van der Waals surface area (Å²) in [4.78, 5) is 0. The quantitative estimate of drug-likeness (QED) is 0.343. The largest absolute Gasteiger partial charge is 0.499 e. The summed E-state index contributed by atoms with van der Waals surface area (Å²) in [6.45, 7) is 8.04.